The zero-order valence-electron chi connectivity index (χ0n) is 13.4. The lowest BCUT2D eigenvalue weighted by molar-refractivity contribution is 0.0720. The molecule has 0 aliphatic carbocycles. The Morgan fingerprint density at radius 3 is 2.05 bits per heavy atom. The Balaban J connectivity index is 3.75. The second-order valence-corrected chi connectivity index (χ2v) is 9.60. The lowest BCUT2D eigenvalue weighted by Crippen LogP contribution is -2.39. The molecular formula is C14H31NO3S. The highest BCUT2D eigenvalue weighted by Crippen LogP contribution is 2.12. The number of sulfone groups is 1. The molecular weight excluding hydrogens is 262 g/mol. The summed E-state index contributed by atoms with van der Waals surface area (Å²) >= 11 is 0. The van der Waals surface area contributed by atoms with Crippen molar-refractivity contribution in [2.45, 2.75) is 53.5 Å². The van der Waals surface area contributed by atoms with E-state index in [4.69, 9.17) is 4.74 Å². The maximum atomic E-state index is 11.8. The molecule has 0 saturated carbocycles. The Hall–Kier alpha value is -0.130. The molecule has 1 N–H and O–H groups in total. The third kappa shape index (κ3) is 14.1. The van der Waals surface area contributed by atoms with Crippen LogP contribution in [0.3, 0.4) is 0 Å². The van der Waals surface area contributed by atoms with Crippen molar-refractivity contribution in [2.24, 2.45) is 5.41 Å². The minimum atomic E-state index is -2.96. The van der Waals surface area contributed by atoms with E-state index in [0.717, 1.165) is 0 Å². The van der Waals surface area contributed by atoms with Crippen molar-refractivity contribution in [3.05, 3.63) is 0 Å². The molecule has 0 aromatic heterocycles. The topological polar surface area (TPSA) is 55.4 Å². The molecule has 0 heterocycles. The highest BCUT2D eigenvalue weighted by Gasteiger charge is 2.14. The predicted octanol–water partition coefficient (Wildman–Crippen LogP) is 2.24. The Bertz CT molecular complexity index is 337. The number of hydrogen-bond acceptors (Lipinski definition) is 4. The summed E-state index contributed by atoms with van der Waals surface area (Å²) in [5.74, 6) is 0.409. The van der Waals surface area contributed by atoms with Crippen LogP contribution in [0, 0.1) is 5.41 Å². The van der Waals surface area contributed by atoms with Gasteiger partial charge in [-0.25, -0.2) is 8.42 Å². The fourth-order valence-electron chi connectivity index (χ4n) is 1.44. The van der Waals surface area contributed by atoms with Crippen molar-refractivity contribution < 1.29 is 13.2 Å². The van der Waals surface area contributed by atoms with Crippen LogP contribution in [0.1, 0.15) is 48.0 Å². The molecule has 0 rings (SSSR count). The molecule has 116 valence electrons. The van der Waals surface area contributed by atoms with E-state index in [-0.39, 0.29) is 22.5 Å². The van der Waals surface area contributed by atoms with E-state index in [1.807, 2.05) is 20.8 Å². The standard InChI is InChI=1S/C14H31NO3S/c1-13(2,3)12-18-9-7-10-19(16,17)11-8-15-14(4,5)6/h15H,7-12H2,1-6H3. The summed E-state index contributed by atoms with van der Waals surface area (Å²) in [6, 6.07) is 0. The van der Waals surface area contributed by atoms with Crippen molar-refractivity contribution in [3.8, 4) is 0 Å². The maximum Gasteiger partial charge on any atom is 0.151 e. The van der Waals surface area contributed by atoms with Crippen LogP contribution >= 0.6 is 0 Å². The summed E-state index contributed by atoms with van der Waals surface area (Å²) in [4.78, 5) is 0. The van der Waals surface area contributed by atoms with Gasteiger partial charge in [0.2, 0.25) is 0 Å². The molecule has 0 fully saturated rings. The van der Waals surface area contributed by atoms with Crippen LogP contribution < -0.4 is 5.32 Å². The van der Waals surface area contributed by atoms with Gasteiger partial charge in [0.25, 0.3) is 0 Å². The van der Waals surface area contributed by atoms with Crippen LogP contribution in [-0.2, 0) is 14.6 Å². The molecule has 0 aromatic carbocycles. The lowest BCUT2D eigenvalue weighted by Gasteiger charge is -2.20. The van der Waals surface area contributed by atoms with Gasteiger partial charge in [0.1, 0.15) is 0 Å². The van der Waals surface area contributed by atoms with E-state index in [0.29, 0.717) is 26.2 Å². The zero-order valence-corrected chi connectivity index (χ0v) is 14.2. The van der Waals surface area contributed by atoms with Gasteiger partial charge in [-0.05, 0) is 32.6 Å². The molecule has 0 atom stereocenters. The number of hydrogen-bond donors (Lipinski definition) is 1. The minimum Gasteiger partial charge on any atom is -0.381 e. The zero-order chi connectivity index (χ0) is 15.2. The second-order valence-electron chi connectivity index (χ2n) is 7.30. The molecule has 0 aromatic rings. The monoisotopic (exact) mass is 293 g/mol. The minimum absolute atomic E-state index is 0.0364. The van der Waals surface area contributed by atoms with E-state index in [1.165, 1.54) is 0 Å². The molecule has 0 unspecified atom stereocenters. The average molecular weight is 293 g/mol. The first-order chi connectivity index (χ1) is 8.41. The summed E-state index contributed by atoms with van der Waals surface area (Å²) in [5, 5.41) is 3.19. The molecule has 0 saturated heterocycles. The van der Waals surface area contributed by atoms with Crippen molar-refractivity contribution >= 4 is 9.84 Å². The van der Waals surface area contributed by atoms with Gasteiger partial charge in [-0.1, -0.05) is 20.8 Å². The van der Waals surface area contributed by atoms with Gasteiger partial charge in [0, 0.05) is 18.7 Å². The molecule has 19 heavy (non-hydrogen) atoms. The van der Waals surface area contributed by atoms with Gasteiger partial charge >= 0.3 is 0 Å². The largest absolute Gasteiger partial charge is 0.381 e. The summed E-state index contributed by atoms with van der Waals surface area (Å²) in [6.07, 6.45) is 0.577. The first-order valence-corrected chi connectivity index (χ1v) is 8.77. The summed E-state index contributed by atoms with van der Waals surface area (Å²) in [6.45, 7) is 14.1. The molecule has 0 radical (unpaired) electrons. The molecule has 4 nitrogen and oxygen atoms in total. The molecule has 0 spiro atoms. The first-order valence-electron chi connectivity index (χ1n) is 6.95. The molecule has 0 amide bonds. The smallest absolute Gasteiger partial charge is 0.151 e. The van der Waals surface area contributed by atoms with Gasteiger partial charge in [0.05, 0.1) is 18.1 Å². The van der Waals surface area contributed by atoms with Crippen LogP contribution in [0.25, 0.3) is 0 Å². The van der Waals surface area contributed by atoms with E-state index < -0.39 is 9.84 Å². The third-order valence-electron chi connectivity index (χ3n) is 2.35. The van der Waals surface area contributed by atoms with Crippen molar-refractivity contribution in [1.82, 2.24) is 5.32 Å². The fourth-order valence-corrected chi connectivity index (χ4v) is 2.62. The Kier molecular flexibility index (Phi) is 7.55. The van der Waals surface area contributed by atoms with Gasteiger partial charge in [-0.15, -0.1) is 0 Å². The third-order valence-corrected chi connectivity index (χ3v) is 4.08. The number of rotatable bonds is 8. The Labute approximate surface area is 119 Å². The maximum absolute atomic E-state index is 11.8. The van der Waals surface area contributed by atoms with Crippen LogP contribution in [0.4, 0.5) is 0 Å². The molecule has 5 heteroatoms. The van der Waals surface area contributed by atoms with Crippen LogP contribution in [0.2, 0.25) is 0 Å². The number of ether oxygens (including phenoxy) is 1. The lowest BCUT2D eigenvalue weighted by atomic mass is 9.99. The number of nitrogens with one attached hydrogen (secondary N) is 1. The van der Waals surface area contributed by atoms with E-state index in [1.54, 1.807) is 0 Å². The van der Waals surface area contributed by atoms with Crippen molar-refractivity contribution in [2.75, 3.05) is 31.3 Å². The average Bonchev–Trinajstić information content (AvgIpc) is 2.12. The Morgan fingerprint density at radius 1 is 1.00 bits per heavy atom. The van der Waals surface area contributed by atoms with E-state index >= 15 is 0 Å². The Morgan fingerprint density at radius 2 is 1.58 bits per heavy atom. The highest BCUT2D eigenvalue weighted by atomic mass is 32.2. The second kappa shape index (κ2) is 7.60. The highest BCUT2D eigenvalue weighted by molar-refractivity contribution is 7.91. The summed E-state index contributed by atoms with van der Waals surface area (Å²) in [5.41, 5.74) is 0.0981. The van der Waals surface area contributed by atoms with Gasteiger partial charge in [-0.2, -0.15) is 0 Å². The summed E-state index contributed by atoms with van der Waals surface area (Å²) < 4.78 is 29.0. The van der Waals surface area contributed by atoms with Crippen molar-refractivity contribution in [1.29, 1.82) is 0 Å². The molecule has 0 bridgehead atoms. The first kappa shape index (κ1) is 18.9. The molecule has 0 aliphatic heterocycles. The summed E-state index contributed by atoms with van der Waals surface area (Å²) in [7, 11) is -2.96. The fraction of sp³-hybridized carbons (Fsp3) is 1.00. The van der Waals surface area contributed by atoms with E-state index in [9.17, 15) is 8.42 Å². The van der Waals surface area contributed by atoms with Crippen LogP contribution in [0.5, 0.6) is 0 Å². The van der Waals surface area contributed by atoms with Gasteiger partial charge in [0.15, 0.2) is 9.84 Å². The normalized spacial score (nSPS) is 13.8. The molecule has 0 aliphatic rings. The van der Waals surface area contributed by atoms with Crippen LogP contribution in [0.15, 0.2) is 0 Å². The van der Waals surface area contributed by atoms with Crippen LogP contribution in [-0.4, -0.2) is 45.2 Å². The van der Waals surface area contributed by atoms with Gasteiger partial charge < -0.3 is 10.1 Å². The van der Waals surface area contributed by atoms with E-state index in [2.05, 4.69) is 26.1 Å². The van der Waals surface area contributed by atoms with Gasteiger partial charge in [-0.3, -0.25) is 0 Å². The SMILES string of the molecule is CC(C)(C)COCCCS(=O)(=O)CCNC(C)(C)C. The predicted molar refractivity (Wildman–Crippen MR) is 81.3 cm³/mol. The quantitative estimate of drug-likeness (QED) is 0.697. The van der Waals surface area contributed by atoms with Crippen molar-refractivity contribution in [3.63, 3.8) is 0 Å².